The van der Waals surface area contributed by atoms with E-state index in [9.17, 15) is 4.79 Å². The first kappa shape index (κ1) is 13.8. The number of carbonyl (C=O) groups excluding carboxylic acids is 1. The van der Waals surface area contributed by atoms with Crippen LogP contribution in [0.2, 0.25) is 0 Å². The van der Waals surface area contributed by atoms with Gasteiger partial charge in [0.15, 0.2) is 0 Å². The van der Waals surface area contributed by atoms with E-state index in [0.29, 0.717) is 13.0 Å². The lowest BCUT2D eigenvalue weighted by Crippen LogP contribution is -2.32. The number of anilines is 1. The third-order valence-corrected chi connectivity index (χ3v) is 3.78. The molecule has 0 atom stereocenters. The number of hydrogen-bond donors (Lipinski definition) is 1. The summed E-state index contributed by atoms with van der Waals surface area (Å²) in [7, 11) is 0. The predicted octanol–water partition coefficient (Wildman–Crippen LogP) is 1.45. The molecule has 3 rings (SSSR count). The summed E-state index contributed by atoms with van der Waals surface area (Å²) in [6.07, 6.45) is 5.21. The van der Waals surface area contributed by atoms with Crippen LogP contribution < -0.4 is 10.2 Å². The zero-order valence-electron chi connectivity index (χ0n) is 12.0. The normalized spacial score (nSPS) is 13.4. The quantitative estimate of drug-likeness (QED) is 0.817. The zero-order valence-corrected chi connectivity index (χ0v) is 12.0. The summed E-state index contributed by atoms with van der Waals surface area (Å²) < 4.78 is 1.88. The topological polar surface area (TPSA) is 50.2 Å². The Balaban J connectivity index is 1.41. The van der Waals surface area contributed by atoms with Crippen molar-refractivity contribution in [3.8, 4) is 0 Å². The highest BCUT2D eigenvalue weighted by Crippen LogP contribution is 2.27. The van der Waals surface area contributed by atoms with Gasteiger partial charge in [-0.05, 0) is 24.1 Å². The first-order valence-electron chi connectivity index (χ1n) is 7.41. The van der Waals surface area contributed by atoms with E-state index >= 15 is 0 Å². The van der Waals surface area contributed by atoms with Gasteiger partial charge in [0.25, 0.3) is 0 Å². The third-order valence-electron chi connectivity index (χ3n) is 3.78. The molecule has 2 heterocycles. The van der Waals surface area contributed by atoms with Gasteiger partial charge in [0.05, 0.1) is 6.54 Å². The molecule has 1 amide bonds. The standard InChI is InChI=1S/C16H20N4O/c21-16(6-9-17-10-13-19-11-3-8-18-19)20-12-7-14-4-1-2-5-15(14)20/h1-5,8,11,17H,6-7,9-10,12-13H2. The molecule has 0 saturated carbocycles. The Kier molecular flexibility index (Phi) is 4.31. The summed E-state index contributed by atoms with van der Waals surface area (Å²) in [5, 5.41) is 7.43. The molecule has 1 aromatic carbocycles. The van der Waals surface area contributed by atoms with Gasteiger partial charge < -0.3 is 10.2 Å². The Morgan fingerprint density at radius 1 is 1.24 bits per heavy atom. The molecule has 0 unspecified atom stereocenters. The predicted molar refractivity (Wildman–Crippen MR) is 82.2 cm³/mol. The molecule has 0 bridgehead atoms. The smallest absolute Gasteiger partial charge is 0.228 e. The maximum Gasteiger partial charge on any atom is 0.228 e. The van der Waals surface area contributed by atoms with E-state index in [4.69, 9.17) is 0 Å². The molecule has 5 heteroatoms. The van der Waals surface area contributed by atoms with Crippen LogP contribution in [0.3, 0.4) is 0 Å². The van der Waals surface area contributed by atoms with E-state index in [0.717, 1.165) is 31.7 Å². The Morgan fingerprint density at radius 3 is 3.00 bits per heavy atom. The maximum absolute atomic E-state index is 12.3. The van der Waals surface area contributed by atoms with Crippen molar-refractivity contribution in [1.29, 1.82) is 0 Å². The van der Waals surface area contributed by atoms with E-state index in [1.54, 1.807) is 6.20 Å². The fourth-order valence-electron chi connectivity index (χ4n) is 2.68. The minimum absolute atomic E-state index is 0.200. The van der Waals surface area contributed by atoms with Crippen LogP contribution in [0.25, 0.3) is 0 Å². The summed E-state index contributed by atoms with van der Waals surface area (Å²) in [5.41, 5.74) is 2.36. The second kappa shape index (κ2) is 6.54. The summed E-state index contributed by atoms with van der Waals surface area (Å²) >= 11 is 0. The van der Waals surface area contributed by atoms with Crippen LogP contribution in [0.15, 0.2) is 42.7 Å². The number of fused-ring (bicyclic) bond motifs is 1. The fraction of sp³-hybridized carbons (Fsp3) is 0.375. The molecule has 1 aliphatic heterocycles. The van der Waals surface area contributed by atoms with E-state index in [1.165, 1.54) is 5.56 Å². The second-order valence-corrected chi connectivity index (χ2v) is 5.19. The summed E-state index contributed by atoms with van der Waals surface area (Å²) in [4.78, 5) is 14.2. The van der Waals surface area contributed by atoms with Gasteiger partial charge in [-0.1, -0.05) is 18.2 Å². The monoisotopic (exact) mass is 284 g/mol. The van der Waals surface area contributed by atoms with Gasteiger partial charge in [0, 0.05) is 44.1 Å². The van der Waals surface area contributed by atoms with Crippen molar-refractivity contribution < 1.29 is 4.79 Å². The summed E-state index contributed by atoms with van der Waals surface area (Å²) in [6, 6.07) is 10.1. The third kappa shape index (κ3) is 3.31. The maximum atomic E-state index is 12.3. The molecule has 1 aliphatic rings. The lowest BCUT2D eigenvalue weighted by atomic mass is 10.2. The highest BCUT2D eigenvalue weighted by Gasteiger charge is 2.23. The Labute approximate surface area is 124 Å². The van der Waals surface area contributed by atoms with Crippen LogP contribution in [0.5, 0.6) is 0 Å². The first-order chi connectivity index (χ1) is 10.3. The molecule has 0 radical (unpaired) electrons. The minimum atomic E-state index is 0.200. The molecular formula is C16H20N4O. The van der Waals surface area contributed by atoms with Crippen LogP contribution in [0.4, 0.5) is 5.69 Å². The van der Waals surface area contributed by atoms with Crippen LogP contribution in [-0.2, 0) is 17.8 Å². The van der Waals surface area contributed by atoms with Crippen molar-refractivity contribution in [2.75, 3.05) is 24.5 Å². The zero-order chi connectivity index (χ0) is 14.5. The molecule has 110 valence electrons. The second-order valence-electron chi connectivity index (χ2n) is 5.19. The van der Waals surface area contributed by atoms with Crippen LogP contribution in [0, 0.1) is 0 Å². The number of nitrogens with zero attached hydrogens (tertiary/aromatic N) is 3. The molecule has 0 spiro atoms. The van der Waals surface area contributed by atoms with Crippen molar-refractivity contribution in [3.63, 3.8) is 0 Å². The molecule has 0 fully saturated rings. The Bertz CT molecular complexity index is 594. The van der Waals surface area contributed by atoms with Gasteiger partial charge >= 0.3 is 0 Å². The lowest BCUT2D eigenvalue weighted by molar-refractivity contribution is -0.118. The number of nitrogens with one attached hydrogen (secondary N) is 1. The van der Waals surface area contributed by atoms with E-state index in [1.807, 2.05) is 40.0 Å². The molecular weight excluding hydrogens is 264 g/mol. The van der Waals surface area contributed by atoms with Gasteiger partial charge in [-0.15, -0.1) is 0 Å². The number of amides is 1. The Morgan fingerprint density at radius 2 is 2.14 bits per heavy atom. The van der Waals surface area contributed by atoms with E-state index < -0.39 is 0 Å². The number of rotatable bonds is 6. The average molecular weight is 284 g/mol. The SMILES string of the molecule is O=C(CCNCCn1cccn1)N1CCc2ccccc21. The number of aromatic nitrogens is 2. The number of carbonyl (C=O) groups is 1. The van der Waals surface area contributed by atoms with Gasteiger partial charge in [-0.25, -0.2) is 0 Å². The van der Waals surface area contributed by atoms with Crippen LogP contribution in [0.1, 0.15) is 12.0 Å². The number of benzene rings is 1. The van der Waals surface area contributed by atoms with Crippen molar-refractivity contribution in [2.24, 2.45) is 0 Å². The molecule has 1 aromatic heterocycles. The minimum Gasteiger partial charge on any atom is -0.314 e. The molecule has 0 saturated heterocycles. The highest BCUT2D eigenvalue weighted by molar-refractivity contribution is 5.95. The summed E-state index contributed by atoms with van der Waals surface area (Å²) in [5.74, 6) is 0.200. The average Bonchev–Trinajstić information content (AvgIpc) is 3.16. The van der Waals surface area contributed by atoms with Crippen molar-refractivity contribution in [1.82, 2.24) is 15.1 Å². The van der Waals surface area contributed by atoms with Crippen LogP contribution >= 0.6 is 0 Å². The van der Waals surface area contributed by atoms with E-state index in [-0.39, 0.29) is 5.91 Å². The van der Waals surface area contributed by atoms with Crippen molar-refractivity contribution in [2.45, 2.75) is 19.4 Å². The van der Waals surface area contributed by atoms with Gasteiger partial charge in [-0.3, -0.25) is 9.48 Å². The highest BCUT2D eigenvalue weighted by atomic mass is 16.2. The molecule has 0 aliphatic carbocycles. The summed E-state index contributed by atoms with van der Waals surface area (Å²) in [6.45, 7) is 3.17. The van der Waals surface area contributed by atoms with E-state index in [2.05, 4.69) is 16.5 Å². The lowest BCUT2D eigenvalue weighted by Gasteiger charge is -2.17. The number of para-hydroxylation sites is 1. The Hall–Kier alpha value is -2.14. The molecule has 5 nitrogen and oxygen atoms in total. The van der Waals surface area contributed by atoms with Crippen molar-refractivity contribution in [3.05, 3.63) is 48.3 Å². The molecule has 1 N–H and O–H groups in total. The molecule has 2 aromatic rings. The van der Waals surface area contributed by atoms with Gasteiger partial charge in [0.1, 0.15) is 0 Å². The number of hydrogen-bond acceptors (Lipinski definition) is 3. The van der Waals surface area contributed by atoms with Gasteiger partial charge in [0.2, 0.25) is 5.91 Å². The fourth-order valence-corrected chi connectivity index (χ4v) is 2.68. The largest absolute Gasteiger partial charge is 0.314 e. The first-order valence-corrected chi connectivity index (χ1v) is 7.41. The van der Waals surface area contributed by atoms with Crippen molar-refractivity contribution >= 4 is 11.6 Å². The van der Waals surface area contributed by atoms with Crippen LogP contribution in [-0.4, -0.2) is 35.3 Å². The van der Waals surface area contributed by atoms with Gasteiger partial charge in [-0.2, -0.15) is 5.10 Å². The molecule has 21 heavy (non-hydrogen) atoms.